The third-order valence-electron chi connectivity index (χ3n) is 2.56. The minimum absolute atomic E-state index is 0.0161. The predicted molar refractivity (Wildman–Crippen MR) is 69.1 cm³/mol. The zero-order valence-electron chi connectivity index (χ0n) is 10.3. The molecule has 1 heterocycles. The molecule has 0 saturated heterocycles. The number of carbonyl (C=O) groups is 1. The Morgan fingerprint density at radius 2 is 2.33 bits per heavy atom. The van der Waals surface area contributed by atoms with Crippen LogP contribution >= 0.6 is 0 Å². The molecule has 7 heteroatoms. The average Bonchev–Trinajstić information content (AvgIpc) is 2.32. The van der Waals surface area contributed by atoms with Crippen LogP contribution in [0.5, 0.6) is 0 Å². The lowest BCUT2D eigenvalue weighted by molar-refractivity contribution is 0.0949. The molecule has 1 amide bonds. The number of rotatable bonds is 5. The predicted octanol–water partition coefficient (Wildman–Crippen LogP) is 0.690. The Morgan fingerprint density at radius 3 is 2.94 bits per heavy atom. The molecule has 1 aromatic rings. The molecule has 3 N–H and O–H groups in total. The van der Waals surface area contributed by atoms with Crippen molar-refractivity contribution in [2.75, 3.05) is 18.5 Å². The third kappa shape index (κ3) is 3.76. The Bertz CT molecular complexity index is 468. The first-order chi connectivity index (χ1) is 8.43. The Morgan fingerprint density at radius 1 is 1.67 bits per heavy atom. The van der Waals surface area contributed by atoms with Crippen LogP contribution in [0.1, 0.15) is 23.7 Å². The zero-order valence-corrected chi connectivity index (χ0v) is 11.1. The maximum absolute atomic E-state index is 13.5. The number of nitrogens with one attached hydrogen (secondary N) is 1. The quantitative estimate of drug-likeness (QED) is 0.826. The summed E-state index contributed by atoms with van der Waals surface area (Å²) in [5.74, 6) is -1.66. The fraction of sp³-hybridized carbons (Fsp3) is 0.455. The first-order valence-corrected chi connectivity index (χ1v) is 7.06. The first kappa shape index (κ1) is 14.6. The van der Waals surface area contributed by atoms with Crippen molar-refractivity contribution in [1.82, 2.24) is 10.3 Å². The van der Waals surface area contributed by atoms with Crippen molar-refractivity contribution < 1.29 is 13.4 Å². The lowest BCUT2D eigenvalue weighted by atomic mass is 10.2. The van der Waals surface area contributed by atoms with Crippen LogP contribution in [0.4, 0.5) is 10.2 Å². The van der Waals surface area contributed by atoms with Crippen molar-refractivity contribution in [3.05, 3.63) is 23.6 Å². The fourth-order valence-corrected chi connectivity index (χ4v) is 1.74. The van der Waals surface area contributed by atoms with E-state index < -0.39 is 22.5 Å². The van der Waals surface area contributed by atoms with E-state index in [4.69, 9.17) is 5.73 Å². The molecule has 0 aliphatic rings. The van der Waals surface area contributed by atoms with Crippen LogP contribution < -0.4 is 11.1 Å². The third-order valence-corrected chi connectivity index (χ3v) is 3.93. The summed E-state index contributed by atoms with van der Waals surface area (Å²) >= 11 is 0. The van der Waals surface area contributed by atoms with E-state index in [1.165, 1.54) is 12.3 Å². The number of hydrogen-bond donors (Lipinski definition) is 2. The van der Waals surface area contributed by atoms with E-state index in [1.54, 1.807) is 6.26 Å². The van der Waals surface area contributed by atoms with E-state index in [0.717, 1.165) is 0 Å². The van der Waals surface area contributed by atoms with Gasteiger partial charge < -0.3 is 11.1 Å². The van der Waals surface area contributed by atoms with Crippen molar-refractivity contribution >= 4 is 22.5 Å². The van der Waals surface area contributed by atoms with Crippen molar-refractivity contribution in [2.45, 2.75) is 18.6 Å². The second kappa shape index (κ2) is 6.44. The Balaban J connectivity index is 2.56. The second-order valence-corrected chi connectivity index (χ2v) is 5.71. The number of nitrogens with two attached hydrogens (primary N) is 1. The van der Waals surface area contributed by atoms with Crippen molar-refractivity contribution in [1.29, 1.82) is 0 Å². The topological polar surface area (TPSA) is 85.1 Å². The molecule has 1 rings (SSSR count). The second-order valence-electron chi connectivity index (χ2n) is 3.91. The van der Waals surface area contributed by atoms with Gasteiger partial charge in [0, 0.05) is 35.0 Å². The molecule has 2 unspecified atom stereocenters. The lowest BCUT2D eigenvalue weighted by Crippen LogP contribution is -2.28. The molecule has 0 fully saturated rings. The number of pyridine rings is 1. The summed E-state index contributed by atoms with van der Waals surface area (Å²) in [6, 6.07) is 1.27. The number of nitrogens with zero attached hydrogens (tertiary/aromatic N) is 1. The molecule has 0 aromatic carbocycles. The van der Waals surface area contributed by atoms with E-state index in [2.05, 4.69) is 10.3 Å². The summed E-state index contributed by atoms with van der Waals surface area (Å²) in [5, 5.41) is 2.54. The molecular weight excluding hydrogens is 257 g/mol. The SMILES string of the molecule is CC(CCNC(=O)c1ccnc(N)c1F)S(C)=O. The standard InChI is InChI=1S/C11H16FN3O2S/c1-7(18(2)17)3-5-15-11(16)8-4-6-14-10(13)9(8)12/h4,6-7H,3,5H2,1-2H3,(H2,13,14)(H,15,16). The van der Waals surface area contributed by atoms with E-state index in [9.17, 15) is 13.4 Å². The normalized spacial score (nSPS) is 13.9. The monoisotopic (exact) mass is 273 g/mol. The van der Waals surface area contributed by atoms with Gasteiger partial charge in [0.1, 0.15) is 0 Å². The molecule has 0 radical (unpaired) electrons. The largest absolute Gasteiger partial charge is 0.381 e. The van der Waals surface area contributed by atoms with E-state index in [0.29, 0.717) is 13.0 Å². The van der Waals surface area contributed by atoms with Gasteiger partial charge in [-0.3, -0.25) is 9.00 Å². The molecule has 0 aliphatic carbocycles. The molecular formula is C11H16FN3O2S. The van der Waals surface area contributed by atoms with Crippen molar-refractivity contribution in [2.24, 2.45) is 0 Å². The van der Waals surface area contributed by atoms with Gasteiger partial charge in [-0.25, -0.2) is 9.37 Å². The molecule has 18 heavy (non-hydrogen) atoms. The van der Waals surface area contributed by atoms with Crippen molar-refractivity contribution in [3.63, 3.8) is 0 Å². The molecule has 0 saturated carbocycles. The van der Waals surface area contributed by atoms with Gasteiger partial charge in [0.05, 0.1) is 5.56 Å². The van der Waals surface area contributed by atoms with Crippen LogP contribution in [0.2, 0.25) is 0 Å². The Labute approximate surface area is 107 Å². The van der Waals surface area contributed by atoms with Crippen LogP contribution in [0, 0.1) is 5.82 Å². The summed E-state index contributed by atoms with van der Waals surface area (Å²) in [5.41, 5.74) is 5.14. The van der Waals surface area contributed by atoms with Crippen LogP contribution in [-0.4, -0.2) is 33.2 Å². The van der Waals surface area contributed by atoms with E-state index in [1.807, 2.05) is 6.92 Å². The Hall–Kier alpha value is -1.50. The minimum Gasteiger partial charge on any atom is -0.381 e. The van der Waals surface area contributed by atoms with Crippen LogP contribution in [-0.2, 0) is 10.8 Å². The van der Waals surface area contributed by atoms with Gasteiger partial charge in [0.15, 0.2) is 11.6 Å². The van der Waals surface area contributed by atoms with Gasteiger partial charge in [-0.1, -0.05) is 6.92 Å². The molecule has 100 valence electrons. The molecule has 0 aliphatic heterocycles. The number of anilines is 1. The number of halogens is 1. The summed E-state index contributed by atoms with van der Waals surface area (Å²) in [6.45, 7) is 2.16. The van der Waals surface area contributed by atoms with Gasteiger partial charge in [-0.05, 0) is 12.5 Å². The summed E-state index contributed by atoms with van der Waals surface area (Å²) in [6.07, 6.45) is 3.45. The minimum atomic E-state index is -0.933. The molecule has 5 nitrogen and oxygen atoms in total. The van der Waals surface area contributed by atoms with Crippen LogP contribution in [0.15, 0.2) is 12.3 Å². The number of carbonyl (C=O) groups excluding carboxylic acids is 1. The van der Waals surface area contributed by atoms with Crippen LogP contribution in [0.25, 0.3) is 0 Å². The highest BCUT2D eigenvalue weighted by molar-refractivity contribution is 7.84. The number of aromatic nitrogens is 1. The molecule has 0 bridgehead atoms. The summed E-state index contributed by atoms with van der Waals surface area (Å²) < 4.78 is 24.6. The highest BCUT2D eigenvalue weighted by atomic mass is 32.2. The smallest absolute Gasteiger partial charge is 0.254 e. The molecule has 1 aromatic heterocycles. The first-order valence-electron chi connectivity index (χ1n) is 5.44. The van der Waals surface area contributed by atoms with Crippen LogP contribution in [0.3, 0.4) is 0 Å². The van der Waals surface area contributed by atoms with E-state index >= 15 is 0 Å². The average molecular weight is 273 g/mol. The lowest BCUT2D eigenvalue weighted by Gasteiger charge is -2.10. The van der Waals surface area contributed by atoms with Gasteiger partial charge in [-0.2, -0.15) is 0 Å². The molecule has 0 spiro atoms. The van der Waals surface area contributed by atoms with Gasteiger partial charge in [0.2, 0.25) is 0 Å². The number of nitrogen functional groups attached to an aromatic ring is 1. The van der Waals surface area contributed by atoms with Gasteiger partial charge in [0.25, 0.3) is 5.91 Å². The number of amides is 1. The van der Waals surface area contributed by atoms with Crippen molar-refractivity contribution in [3.8, 4) is 0 Å². The maximum atomic E-state index is 13.5. The number of hydrogen-bond acceptors (Lipinski definition) is 4. The Kier molecular flexibility index (Phi) is 5.21. The maximum Gasteiger partial charge on any atom is 0.254 e. The summed E-state index contributed by atoms with van der Waals surface area (Å²) in [4.78, 5) is 15.2. The van der Waals surface area contributed by atoms with E-state index in [-0.39, 0.29) is 16.6 Å². The highest BCUT2D eigenvalue weighted by Gasteiger charge is 2.14. The highest BCUT2D eigenvalue weighted by Crippen LogP contribution is 2.11. The fourth-order valence-electron chi connectivity index (χ4n) is 1.29. The van der Waals surface area contributed by atoms with Gasteiger partial charge >= 0.3 is 0 Å². The zero-order chi connectivity index (χ0) is 13.7. The summed E-state index contributed by atoms with van der Waals surface area (Å²) in [7, 11) is -0.933. The van der Waals surface area contributed by atoms with Gasteiger partial charge in [-0.15, -0.1) is 0 Å². The molecule has 2 atom stereocenters.